The molecule has 0 radical (unpaired) electrons. The largest absolute Gasteiger partial charge is 0.394 e. The molecule has 170 valence electrons. The molecule has 0 spiro atoms. The van der Waals surface area contributed by atoms with Crippen LogP contribution in [0.4, 0.5) is 0 Å². The topological polar surface area (TPSA) is 97.2 Å². The first-order valence-corrected chi connectivity index (χ1v) is 10.9. The molecule has 0 saturated carbocycles. The van der Waals surface area contributed by atoms with Crippen molar-refractivity contribution < 1.29 is 29.2 Å². The second kappa shape index (κ2) is 12.4. The highest BCUT2D eigenvalue weighted by Gasteiger charge is 2.45. The molecule has 1 saturated heterocycles. The number of unbranched alkanes of at least 4 members (excludes halogenated alkanes) is 1. The van der Waals surface area contributed by atoms with Gasteiger partial charge in [0.1, 0.15) is 18.3 Å². The second-order valence-corrected chi connectivity index (χ2v) is 8.14. The fraction of sp³-hybridized carbons (Fsp3) is 0.696. The summed E-state index contributed by atoms with van der Waals surface area (Å²) in [5.74, 6) is -0.537. The normalized spacial score (nSPS) is 28.7. The van der Waals surface area contributed by atoms with Crippen LogP contribution in [-0.2, 0) is 25.4 Å². The number of hydrogen-bond acceptors (Lipinski definition) is 6. The van der Waals surface area contributed by atoms with E-state index in [2.05, 4.69) is 12.2 Å². The van der Waals surface area contributed by atoms with Gasteiger partial charge in [0.2, 0.25) is 5.91 Å². The SMILES string of the molecule is CCCCO[C@H]1OC(CO)[C@@H](O)C(O[C@@H](C)C(=O)N[C@@H](C)Cc2ccccc2)[C@@H]1C. The summed E-state index contributed by atoms with van der Waals surface area (Å²) in [7, 11) is 0. The number of carbonyl (C=O) groups is 1. The van der Waals surface area contributed by atoms with Gasteiger partial charge in [0, 0.05) is 18.6 Å². The van der Waals surface area contributed by atoms with E-state index in [-0.39, 0.29) is 24.5 Å². The van der Waals surface area contributed by atoms with Crippen LogP contribution in [0.5, 0.6) is 0 Å². The number of amides is 1. The first-order valence-electron chi connectivity index (χ1n) is 10.9. The first-order chi connectivity index (χ1) is 14.4. The van der Waals surface area contributed by atoms with Crippen LogP contribution in [-0.4, -0.2) is 66.1 Å². The summed E-state index contributed by atoms with van der Waals surface area (Å²) < 4.78 is 17.5. The van der Waals surface area contributed by atoms with Gasteiger partial charge in [0.25, 0.3) is 0 Å². The zero-order valence-electron chi connectivity index (χ0n) is 18.5. The minimum absolute atomic E-state index is 0.0571. The van der Waals surface area contributed by atoms with Crippen LogP contribution in [0.25, 0.3) is 0 Å². The number of benzene rings is 1. The molecule has 0 bridgehead atoms. The third-order valence-electron chi connectivity index (χ3n) is 5.44. The standard InChI is InChI=1S/C23H37NO6/c1-5-6-12-28-23-16(3)21(20(26)19(14-25)30-23)29-17(4)22(27)24-15(2)13-18-10-8-7-9-11-18/h7-11,15-17,19-21,23,25-26H,5-6,12-14H2,1-4H3,(H,24,27)/t15-,16-,17-,19?,20+,21?,23-/m0/s1. The molecule has 1 aromatic rings. The van der Waals surface area contributed by atoms with Crippen molar-refractivity contribution in [3.8, 4) is 0 Å². The van der Waals surface area contributed by atoms with E-state index in [4.69, 9.17) is 14.2 Å². The van der Waals surface area contributed by atoms with Gasteiger partial charge in [-0.3, -0.25) is 4.79 Å². The quantitative estimate of drug-likeness (QED) is 0.471. The van der Waals surface area contributed by atoms with Crippen molar-refractivity contribution in [2.45, 2.75) is 83.7 Å². The number of nitrogens with one attached hydrogen (secondary N) is 1. The minimum atomic E-state index is -1.05. The Morgan fingerprint density at radius 1 is 1.27 bits per heavy atom. The Labute approximate surface area is 179 Å². The fourth-order valence-electron chi connectivity index (χ4n) is 3.62. The minimum Gasteiger partial charge on any atom is -0.394 e. The van der Waals surface area contributed by atoms with Gasteiger partial charge in [-0.2, -0.15) is 0 Å². The summed E-state index contributed by atoms with van der Waals surface area (Å²) in [5, 5.41) is 23.1. The molecule has 0 aromatic heterocycles. The highest BCUT2D eigenvalue weighted by molar-refractivity contribution is 5.80. The zero-order chi connectivity index (χ0) is 22.1. The molecule has 7 nitrogen and oxygen atoms in total. The van der Waals surface area contributed by atoms with Crippen LogP contribution in [0.15, 0.2) is 30.3 Å². The molecular formula is C23H37NO6. The Bertz CT molecular complexity index is 627. The monoisotopic (exact) mass is 423 g/mol. The Kier molecular flexibility index (Phi) is 10.2. The number of hydrogen-bond donors (Lipinski definition) is 3. The molecule has 1 aliphatic rings. The number of aliphatic hydroxyl groups excluding tert-OH is 2. The fourth-order valence-corrected chi connectivity index (χ4v) is 3.62. The maximum atomic E-state index is 12.6. The molecule has 7 heteroatoms. The van der Waals surface area contributed by atoms with Gasteiger partial charge in [0.15, 0.2) is 6.29 Å². The van der Waals surface area contributed by atoms with Gasteiger partial charge < -0.3 is 29.7 Å². The molecule has 2 unspecified atom stereocenters. The lowest BCUT2D eigenvalue weighted by Crippen LogP contribution is -2.58. The van der Waals surface area contributed by atoms with Crippen molar-refractivity contribution in [2.75, 3.05) is 13.2 Å². The van der Waals surface area contributed by atoms with Gasteiger partial charge in [0.05, 0.1) is 12.7 Å². The molecule has 1 aromatic carbocycles. The first kappa shape index (κ1) is 24.8. The number of carbonyl (C=O) groups excluding carboxylic acids is 1. The lowest BCUT2D eigenvalue weighted by Gasteiger charge is -2.43. The van der Waals surface area contributed by atoms with Gasteiger partial charge >= 0.3 is 0 Å². The Morgan fingerprint density at radius 2 is 1.97 bits per heavy atom. The van der Waals surface area contributed by atoms with Crippen LogP contribution in [0, 0.1) is 5.92 Å². The zero-order valence-corrected chi connectivity index (χ0v) is 18.5. The van der Waals surface area contributed by atoms with Crippen LogP contribution < -0.4 is 5.32 Å². The van der Waals surface area contributed by atoms with Crippen LogP contribution in [0.2, 0.25) is 0 Å². The summed E-state index contributed by atoms with van der Waals surface area (Å²) >= 11 is 0. The molecule has 0 aliphatic carbocycles. The average molecular weight is 424 g/mol. The van der Waals surface area contributed by atoms with Gasteiger partial charge in [-0.15, -0.1) is 0 Å². The predicted octanol–water partition coefficient (Wildman–Crippen LogP) is 2.04. The molecule has 30 heavy (non-hydrogen) atoms. The van der Waals surface area contributed by atoms with Gasteiger partial charge in [-0.25, -0.2) is 0 Å². The van der Waals surface area contributed by atoms with Crippen molar-refractivity contribution in [1.29, 1.82) is 0 Å². The summed E-state index contributed by atoms with van der Waals surface area (Å²) in [5.41, 5.74) is 1.14. The summed E-state index contributed by atoms with van der Waals surface area (Å²) in [6.45, 7) is 7.72. The number of rotatable bonds is 11. The van der Waals surface area contributed by atoms with Crippen molar-refractivity contribution in [3.63, 3.8) is 0 Å². The van der Waals surface area contributed by atoms with E-state index in [0.29, 0.717) is 6.61 Å². The third kappa shape index (κ3) is 7.03. The molecular weight excluding hydrogens is 386 g/mol. The molecule has 3 N–H and O–H groups in total. The van der Waals surface area contributed by atoms with Gasteiger partial charge in [-0.05, 0) is 32.3 Å². The molecule has 2 rings (SSSR count). The maximum Gasteiger partial charge on any atom is 0.249 e. The number of aliphatic hydroxyl groups is 2. The van der Waals surface area contributed by atoms with Crippen molar-refractivity contribution in [2.24, 2.45) is 5.92 Å². The van der Waals surface area contributed by atoms with Crippen molar-refractivity contribution in [3.05, 3.63) is 35.9 Å². The predicted molar refractivity (Wildman–Crippen MR) is 114 cm³/mol. The van der Waals surface area contributed by atoms with Crippen molar-refractivity contribution in [1.82, 2.24) is 5.32 Å². The lowest BCUT2D eigenvalue weighted by atomic mass is 9.92. The van der Waals surface area contributed by atoms with E-state index in [1.807, 2.05) is 44.2 Å². The maximum absolute atomic E-state index is 12.6. The highest BCUT2D eigenvalue weighted by Crippen LogP contribution is 2.30. The summed E-state index contributed by atoms with van der Waals surface area (Å²) in [6, 6.07) is 9.90. The second-order valence-electron chi connectivity index (χ2n) is 8.14. The molecule has 1 amide bonds. The third-order valence-corrected chi connectivity index (χ3v) is 5.44. The average Bonchev–Trinajstić information content (AvgIpc) is 2.73. The molecule has 1 heterocycles. The Morgan fingerprint density at radius 3 is 2.60 bits per heavy atom. The smallest absolute Gasteiger partial charge is 0.249 e. The Hall–Kier alpha value is -1.51. The van der Waals surface area contributed by atoms with E-state index >= 15 is 0 Å². The van der Waals surface area contributed by atoms with E-state index in [9.17, 15) is 15.0 Å². The Balaban J connectivity index is 1.94. The molecule has 7 atom stereocenters. The highest BCUT2D eigenvalue weighted by atomic mass is 16.7. The molecule has 1 fully saturated rings. The lowest BCUT2D eigenvalue weighted by molar-refractivity contribution is -0.292. The van der Waals surface area contributed by atoms with E-state index < -0.39 is 30.7 Å². The van der Waals surface area contributed by atoms with E-state index in [0.717, 1.165) is 24.8 Å². The van der Waals surface area contributed by atoms with Crippen LogP contribution in [0.3, 0.4) is 0 Å². The van der Waals surface area contributed by atoms with Crippen LogP contribution in [0.1, 0.15) is 46.1 Å². The summed E-state index contributed by atoms with van der Waals surface area (Å²) in [4.78, 5) is 12.6. The van der Waals surface area contributed by atoms with Gasteiger partial charge in [-0.1, -0.05) is 50.6 Å². The van der Waals surface area contributed by atoms with Crippen molar-refractivity contribution >= 4 is 5.91 Å². The van der Waals surface area contributed by atoms with E-state index in [1.54, 1.807) is 6.92 Å². The summed E-state index contributed by atoms with van der Waals surface area (Å²) in [6.07, 6.45) is -1.32. The molecule has 1 aliphatic heterocycles. The van der Waals surface area contributed by atoms with Crippen LogP contribution >= 0.6 is 0 Å². The van der Waals surface area contributed by atoms with E-state index in [1.165, 1.54) is 0 Å². The number of ether oxygens (including phenoxy) is 3.